The number of hydrogen-bond donors (Lipinski definition) is 0. The molecule has 0 saturated heterocycles. The van der Waals surface area contributed by atoms with Crippen molar-refractivity contribution < 1.29 is 18.7 Å². The van der Waals surface area contributed by atoms with Crippen molar-refractivity contribution in [1.29, 1.82) is 0 Å². The van der Waals surface area contributed by atoms with Crippen molar-refractivity contribution in [3.8, 4) is 5.75 Å². The van der Waals surface area contributed by atoms with Crippen LogP contribution in [0.3, 0.4) is 0 Å². The van der Waals surface area contributed by atoms with Gasteiger partial charge in [0.25, 0.3) is 0 Å². The van der Waals surface area contributed by atoms with Crippen LogP contribution >= 0.6 is 0 Å². The summed E-state index contributed by atoms with van der Waals surface area (Å²) in [5.41, 5.74) is 0.152. The molecule has 98 valence electrons. The molecule has 0 fully saturated rings. The number of carbonyl (C=O) groups is 2. The van der Waals surface area contributed by atoms with Crippen LogP contribution in [0.5, 0.6) is 5.75 Å². The molecule has 1 unspecified atom stereocenters. The molecule has 0 aromatic heterocycles. The molecule has 1 aromatic rings. The normalized spacial score (nSPS) is 12.3. The molecule has 0 aliphatic rings. The van der Waals surface area contributed by atoms with Crippen molar-refractivity contribution in [2.24, 2.45) is 5.92 Å². The van der Waals surface area contributed by atoms with Gasteiger partial charge in [-0.25, -0.2) is 4.39 Å². The van der Waals surface area contributed by atoms with E-state index in [-0.39, 0.29) is 17.9 Å². The first-order valence-electron chi connectivity index (χ1n) is 5.80. The summed E-state index contributed by atoms with van der Waals surface area (Å²) in [6.07, 6.45) is -2.02. The Kier molecular flexibility index (Phi) is 5.01. The Balaban J connectivity index is 2.82. The number of Topliss-reactive ketones (excluding diaryl/α,β-unsaturated/α-hetero) is 2. The van der Waals surface area contributed by atoms with Crippen LogP contribution in [0, 0.1) is 5.92 Å². The summed E-state index contributed by atoms with van der Waals surface area (Å²) in [6, 6.07) is 6.14. The van der Waals surface area contributed by atoms with E-state index < -0.39 is 17.7 Å². The van der Waals surface area contributed by atoms with Gasteiger partial charge in [-0.1, -0.05) is 26.0 Å². The van der Waals surface area contributed by atoms with Crippen LogP contribution in [0.1, 0.15) is 30.6 Å². The van der Waals surface area contributed by atoms with E-state index in [9.17, 15) is 14.0 Å². The molecule has 0 amide bonds. The maximum atomic E-state index is 13.7. The standard InChI is InChI=1S/C14H17FO3/c1-9(2)7-12(16)13(15)14(17)10-5-4-6-11(8-10)18-3/h4-6,8-9,13H,7H2,1-3H3. The summed E-state index contributed by atoms with van der Waals surface area (Å²) in [6.45, 7) is 3.61. The monoisotopic (exact) mass is 252 g/mol. The number of alkyl halides is 1. The van der Waals surface area contributed by atoms with Gasteiger partial charge in [0.15, 0.2) is 5.78 Å². The van der Waals surface area contributed by atoms with Gasteiger partial charge in [0.05, 0.1) is 7.11 Å². The third kappa shape index (κ3) is 3.65. The third-order valence-electron chi connectivity index (χ3n) is 2.48. The summed E-state index contributed by atoms with van der Waals surface area (Å²) in [5.74, 6) is -0.976. The van der Waals surface area contributed by atoms with Crippen LogP contribution in [-0.2, 0) is 4.79 Å². The van der Waals surface area contributed by atoms with E-state index in [4.69, 9.17) is 4.74 Å². The molecule has 0 saturated carbocycles. The van der Waals surface area contributed by atoms with Crippen LogP contribution < -0.4 is 4.74 Å². The molecule has 18 heavy (non-hydrogen) atoms. The first kappa shape index (κ1) is 14.4. The second-order valence-electron chi connectivity index (χ2n) is 4.52. The third-order valence-corrected chi connectivity index (χ3v) is 2.48. The van der Waals surface area contributed by atoms with Crippen LogP contribution in [0.15, 0.2) is 24.3 Å². The van der Waals surface area contributed by atoms with Gasteiger partial charge in [-0.15, -0.1) is 0 Å². The zero-order valence-corrected chi connectivity index (χ0v) is 10.8. The van der Waals surface area contributed by atoms with Gasteiger partial charge in [0.2, 0.25) is 12.0 Å². The fourth-order valence-corrected chi connectivity index (χ4v) is 1.57. The molecule has 0 heterocycles. The maximum Gasteiger partial charge on any atom is 0.220 e. The molecule has 0 aliphatic carbocycles. The molecule has 0 spiro atoms. The second kappa shape index (κ2) is 6.28. The lowest BCUT2D eigenvalue weighted by atomic mass is 9.98. The van der Waals surface area contributed by atoms with Gasteiger partial charge < -0.3 is 4.74 Å². The summed E-state index contributed by atoms with van der Waals surface area (Å²) in [5, 5.41) is 0. The minimum absolute atomic E-state index is 0.0360. The molecule has 1 rings (SSSR count). The Morgan fingerprint density at radius 1 is 1.33 bits per heavy atom. The van der Waals surface area contributed by atoms with Crippen molar-refractivity contribution in [3.63, 3.8) is 0 Å². The fourth-order valence-electron chi connectivity index (χ4n) is 1.57. The van der Waals surface area contributed by atoms with Crippen LogP contribution in [0.25, 0.3) is 0 Å². The highest BCUT2D eigenvalue weighted by Crippen LogP contribution is 2.16. The van der Waals surface area contributed by atoms with E-state index in [1.165, 1.54) is 19.2 Å². The van der Waals surface area contributed by atoms with Gasteiger partial charge in [0, 0.05) is 12.0 Å². The van der Waals surface area contributed by atoms with E-state index in [2.05, 4.69) is 0 Å². The SMILES string of the molecule is COc1cccc(C(=O)C(F)C(=O)CC(C)C)c1. The average molecular weight is 252 g/mol. The Morgan fingerprint density at radius 2 is 2.00 bits per heavy atom. The quantitative estimate of drug-likeness (QED) is 0.577. The first-order valence-corrected chi connectivity index (χ1v) is 5.80. The van der Waals surface area contributed by atoms with Gasteiger partial charge in [-0.05, 0) is 18.1 Å². The lowest BCUT2D eigenvalue weighted by Crippen LogP contribution is -2.26. The van der Waals surface area contributed by atoms with Gasteiger partial charge >= 0.3 is 0 Å². The lowest BCUT2D eigenvalue weighted by Gasteiger charge is -2.09. The number of rotatable bonds is 6. The summed E-state index contributed by atoms with van der Waals surface area (Å²) >= 11 is 0. The maximum absolute atomic E-state index is 13.7. The zero-order valence-electron chi connectivity index (χ0n) is 10.8. The average Bonchev–Trinajstić information content (AvgIpc) is 2.36. The molecule has 4 heteroatoms. The van der Waals surface area contributed by atoms with Crippen LogP contribution in [0.2, 0.25) is 0 Å². The van der Waals surface area contributed by atoms with Crippen molar-refractivity contribution in [1.82, 2.24) is 0 Å². The largest absolute Gasteiger partial charge is 0.497 e. The number of ether oxygens (including phenoxy) is 1. The molecule has 1 aromatic carbocycles. The fraction of sp³-hybridized carbons (Fsp3) is 0.429. The minimum atomic E-state index is -2.08. The number of benzene rings is 1. The molecule has 0 radical (unpaired) electrons. The second-order valence-corrected chi connectivity index (χ2v) is 4.52. The van der Waals surface area contributed by atoms with Crippen LogP contribution in [-0.4, -0.2) is 24.8 Å². The molecular formula is C14H17FO3. The predicted octanol–water partition coefficient (Wildman–Crippen LogP) is 2.83. The lowest BCUT2D eigenvalue weighted by molar-refractivity contribution is -0.122. The minimum Gasteiger partial charge on any atom is -0.497 e. The zero-order chi connectivity index (χ0) is 13.7. The highest BCUT2D eigenvalue weighted by atomic mass is 19.1. The first-order chi connectivity index (χ1) is 8.45. The summed E-state index contributed by atoms with van der Waals surface area (Å²) in [4.78, 5) is 23.3. The molecule has 0 bridgehead atoms. The van der Waals surface area contributed by atoms with Gasteiger partial charge in [-0.3, -0.25) is 9.59 Å². The highest BCUT2D eigenvalue weighted by Gasteiger charge is 2.27. The Morgan fingerprint density at radius 3 is 2.56 bits per heavy atom. The molecule has 0 N–H and O–H groups in total. The smallest absolute Gasteiger partial charge is 0.220 e. The molecular weight excluding hydrogens is 235 g/mol. The van der Waals surface area contributed by atoms with Gasteiger partial charge in [-0.2, -0.15) is 0 Å². The Bertz CT molecular complexity index is 440. The van der Waals surface area contributed by atoms with E-state index in [0.29, 0.717) is 5.75 Å². The number of carbonyl (C=O) groups excluding carboxylic acids is 2. The Labute approximate surface area is 106 Å². The van der Waals surface area contributed by atoms with Crippen LogP contribution in [0.4, 0.5) is 4.39 Å². The number of ketones is 2. The highest BCUT2D eigenvalue weighted by molar-refractivity contribution is 6.13. The Hall–Kier alpha value is -1.71. The molecule has 1 atom stereocenters. The summed E-state index contributed by atoms with van der Waals surface area (Å²) in [7, 11) is 1.46. The van der Waals surface area contributed by atoms with E-state index in [1.807, 2.05) is 0 Å². The summed E-state index contributed by atoms with van der Waals surface area (Å²) < 4.78 is 18.7. The number of methoxy groups -OCH3 is 1. The number of hydrogen-bond acceptors (Lipinski definition) is 3. The van der Waals surface area contributed by atoms with Crippen molar-refractivity contribution in [3.05, 3.63) is 29.8 Å². The number of halogens is 1. The van der Waals surface area contributed by atoms with Crippen molar-refractivity contribution >= 4 is 11.6 Å². The van der Waals surface area contributed by atoms with E-state index in [0.717, 1.165) is 0 Å². The van der Waals surface area contributed by atoms with Crippen molar-refractivity contribution in [2.45, 2.75) is 26.4 Å². The van der Waals surface area contributed by atoms with E-state index in [1.54, 1.807) is 26.0 Å². The van der Waals surface area contributed by atoms with Crippen molar-refractivity contribution in [2.75, 3.05) is 7.11 Å². The van der Waals surface area contributed by atoms with Gasteiger partial charge in [0.1, 0.15) is 5.75 Å². The predicted molar refractivity (Wildman–Crippen MR) is 66.7 cm³/mol. The molecule has 3 nitrogen and oxygen atoms in total. The van der Waals surface area contributed by atoms with E-state index >= 15 is 0 Å². The topological polar surface area (TPSA) is 43.4 Å². The molecule has 0 aliphatic heterocycles.